The lowest BCUT2D eigenvalue weighted by atomic mass is 10.1. The minimum absolute atomic E-state index is 0.228. The first-order chi connectivity index (χ1) is 10.2. The minimum Gasteiger partial charge on any atom is -0.372 e. The van der Waals surface area contributed by atoms with Gasteiger partial charge in [0.1, 0.15) is 0 Å². The average Bonchev–Trinajstić information content (AvgIpc) is 2.50. The lowest BCUT2D eigenvalue weighted by Gasteiger charge is -2.10. The van der Waals surface area contributed by atoms with Crippen LogP contribution in [-0.4, -0.2) is 5.91 Å². The summed E-state index contributed by atoms with van der Waals surface area (Å²) in [5.74, 6) is 4.89. The number of benzene rings is 2. The number of halogens is 1. The number of hydrogen-bond acceptors (Lipinski definition) is 3. The van der Waals surface area contributed by atoms with Gasteiger partial charge in [-0.15, -0.1) is 0 Å². The summed E-state index contributed by atoms with van der Waals surface area (Å²) in [6.45, 7) is 0.844. The fourth-order valence-electron chi connectivity index (χ4n) is 1.98. The van der Waals surface area contributed by atoms with Crippen LogP contribution >= 0.6 is 11.6 Å². The molecule has 0 spiro atoms. The van der Waals surface area contributed by atoms with Crippen LogP contribution in [0.2, 0.25) is 5.02 Å². The van der Waals surface area contributed by atoms with Crippen LogP contribution < -0.4 is 11.3 Å². The van der Waals surface area contributed by atoms with Crippen LogP contribution in [0.4, 0.5) is 0 Å². The lowest BCUT2D eigenvalue weighted by molar-refractivity contribution is -0.120. The molecule has 110 valence electrons. The summed E-state index contributed by atoms with van der Waals surface area (Å²) in [5.41, 5.74) is 4.94. The van der Waals surface area contributed by atoms with Gasteiger partial charge in [-0.1, -0.05) is 54.1 Å². The standard InChI is InChI=1S/C16H17ClN2O2/c17-15-8-4-3-7-14(15)11-21-10-13-6-2-1-5-12(13)9-16(20)19-18/h1-8H,9-11,18H2,(H,19,20). The number of nitrogens with two attached hydrogens (primary N) is 1. The molecular formula is C16H17ClN2O2. The molecule has 2 aromatic rings. The first kappa shape index (κ1) is 15.5. The number of carbonyl (C=O) groups excluding carboxylic acids is 1. The summed E-state index contributed by atoms with van der Waals surface area (Å²) in [6.07, 6.45) is 0.238. The topological polar surface area (TPSA) is 64.3 Å². The molecule has 21 heavy (non-hydrogen) atoms. The Bertz CT molecular complexity index is 617. The van der Waals surface area contributed by atoms with Crippen molar-refractivity contribution in [1.82, 2.24) is 5.43 Å². The molecule has 0 aliphatic carbocycles. The molecule has 4 nitrogen and oxygen atoms in total. The van der Waals surface area contributed by atoms with E-state index in [1.54, 1.807) is 0 Å². The zero-order valence-corrected chi connectivity index (χ0v) is 12.3. The number of ether oxygens (including phenoxy) is 1. The maximum atomic E-state index is 11.4. The number of amides is 1. The fourth-order valence-corrected chi connectivity index (χ4v) is 2.17. The van der Waals surface area contributed by atoms with Gasteiger partial charge in [-0.3, -0.25) is 10.2 Å². The Balaban J connectivity index is 1.97. The summed E-state index contributed by atoms with van der Waals surface area (Å²) < 4.78 is 5.70. The normalized spacial score (nSPS) is 10.4. The summed E-state index contributed by atoms with van der Waals surface area (Å²) in [6, 6.07) is 15.2. The number of hydrogen-bond donors (Lipinski definition) is 2. The van der Waals surface area contributed by atoms with Gasteiger partial charge < -0.3 is 4.74 Å². The van der Waals surface area contributed by atoms with Crippen LogP contribution in [0.15, 0.2) is 48.5 Å². The van der Waals surface area contributed by atoms with Crippen LogP contribution in [0, 0.1) is 0 Å². The highest BCUT2D eigenvalue weighted by Gasteiger charge is 2.07. The van der Waals surface area contributed by atoms with Gasteiger partial charge in [0.15, 0.2) is 0 Å². The third-order valence-electron chi connectivity index (χ3n) is 3.10. The predicted octanol–water partition coefficient (Wildman–Crippen LogP) is 2.59. The molecule has 0 bridgehead atoms. The van der Waals surface area contributed by atoms with Crippen molar-refractivity contribution < 1.29 is 9.53 Å². The largest absolute Gasteiger partial charge is 0.372 e. The highest BCUT2D eigenvalue weighted by atomic mass is 35.5. The Morgan fingerprint density at radius 3 is 2.24 bits per heavy atom. The smallest absolute Gasteiger partial charge is 0.238 e. The molecule has 0 atom stereocenters. The molecule has 0 aromatic heterocycles. The first-order valence-corrected chi connectivity index (χ1v) is 6.96. The SMILES string of the molecule is NNC(=O)Cc1ccccc1COCc1ccccc1Cl. The van der Waals surface area contributed by atoms with Crippen molar-refractivity contribution in [2.24, 2.45) is 5.84 Å². The van der Waals surface area contributed by atoms with Gasteiger partial charge in [0.25, 0.3) is 0 Å². The quantitative estimate of drug-likeness (QED) is 0.490. The van der Waals surface area contributed by atoms with E-state index >= 15 is 0 Å². The molecule has 5 heteroatoms. The van der Waals surface area contributed by atoms with Gasteiger partial charge in [-0.05, 0) is 22.8 Å². The molecule has 0 unspecified atom stereocenters. The zero-order chi connectivity index (χ0) is 15.1. The van der Waals surface area contributed by atoms with E-state index in [4.69, 9.17) is 22.2 Å². The molecule has 0 radical (unpaired) electrons. The van der Waals surface area contributed by atoms with Gasteiger partial charge in [-0.25, -0.2) is 5.84 Å². The second kappa shape index (κ2) is 7.78. The van der Waals surface area contributed by atoms with Crippen LogP contribution in [0.1, 0.15) is 16.7 Å². The monoisotopic (exact) mass is 304 g/mol. The summed E-state index contributed by atoms with van der Waals surface area (Å²) in [4.78, 5) is 11.4. The fraction of sp³-hybridized carbons (Fsp3) is 0.188. The van der Waals surface area contributed by atoms with Crippen molar-refractivity contribution in [3.8, 4) is 0 Å². The number of rotatable bonds is 6. The molecule has 0 saturated carbocycles. The Labute approximate surface area is 128 Å². The van der Waals surface area contributed by atoms with Crippen molar-refractivity contribution in [2.45, 2.75) is 19.6 Å². The maximum Gasteiger partial charge on any atom is 0.238 e. The average molecular weight is 305 g/mol. The van der Waals surface area contributed by atoms with E-state index in [0.29, 0.717) is 18.2 Å². The van der Waals surface area contributed by atoms with E-state index < -0.39 is 0 Å². The molecule has 0 aliphatic heterocycles. The van der Waals surface area contributed by atoms with Crippen molar-refractivity contribution in [3.05, 3.63) is 70.2 Å². The number of nitrogens with one attached hydrogen (secondary N) is 1. The summed E-state index contributed by atoms with van der Waals surface area (Å²) in [7, 11) is 0. The van der Waals surface area contributed by atoms with Gasteiger partial charge in [0, 0.05) is 5.02 Å². The molecule has 0 heterocycles. The van der Waals surface area contributed by atoms with E-state index in [2.05, 4.69) is 5.43 Å². The molecule has 0 saturated heterocycles. The Morgan fingerprint density at radius 2 is 1.57 bits per heavy atom. The van der Waals surface area contributed by atoms with E-state index in [1.807, 2.05) is 48.5 Å². The molecule has 0 aliphatic rings. The Hall–Kier alpha value is -1.88. The summed E-state index contributed by atoms with van der Waals surface area (Å²) in [5, 5.41) is 0.688. The summed E-state index contributed by atoms with van der Waals surface area (Å²) >= 11 is 6.08. The minimum atomic E-state index is -0.228. The Kier molecular flexibility index (Phi) is 5.75. The highest BCUT2D eigenvalue weighted by Crippen LogP contribution is 2.17. The number of carbonyl (C=O) groups is 1. The van der Waals surface area contributed by atoms with Crippen LogP contribution in [0.5, 0.6) is 0 Å². The van der Waals surface area contributed by atoms with Gasteiger partial charge in [0.2, 0.25) is 5.91 Å². The van der Waals surface area contributed by atoms with Gasteiger partial charge in [-0.2, -0.15) is 0 Å². The van der Waals surface area contributed by atoms with E-state index in [-0.39, 0.29) is 12.3 Å². The van der Waals surface area contributed by atoms with Crippen LogP contribution in [0.25, 0.3) is 0 Å². The van der Waals surface area contributed by atoms with Crippen molar-refractivity contribution in [1.29, 1.82) is 0 Å². The predicted molar refractivity (Wildman–Crippen MR) is 82.4 cm³/mol. The molecule has 2 aromatic carbocycles. The second-order valence-electron chi connectivity index (χ2n) is 4.60. The van der Waals surface area contributed by atoms with Crippen molar-refractivity contribution in [3.63, 3.8) is 0 Å². The van der Waals surface area contributed by atoms with Gasteiger partial charge in [0.05, 0.1) is 19.6 Å². The van der Waals surface area contributed by atoms with E-state index in [0.717, 1.165) is 16.7 Å². The molecule has 0 fully saturated rings. The first-order valence-electron chi connectivity index (χ1n) is 6.58. The van der Waals surface area contributed by atoms with Gasteiger partial charge >= 0.3 is 0 Å². The molecular weight excluding hydrogens is 288 g/mol. The number of hydrazine groups is 1. The third kappa shape index (κ3) is 4.56. The van der Waals surface area contributed by atoms with Crippen LogP contribution in [0.3, 0.4) is 0 Å². The lowest BCUT2D eigenvalue weighted by Crippen LogP contribution is -2.31. The molecule has 2 rings (SSSR count). The molecule has 3 N–H and O–H groups in total. The van der Waals surface area contributed by atoms with Crippen molar-refractivity contribution in [2.75, 3.05) is 0 Å². The zero-order valence-electron chi connectivity index (χ0n) is 11.5. The Morgan fingerprint density at radius 1 is 1.00 bits per heavy atom. The van der Waals surface area contributed by atoms with E-state index in [9.17, 15) is 4.79 Å². The van der Waals surface area contributed by atoms with Crippen molar-refractivity contribution >= 4 is 17.5 Å². The van der Waals surface area contributed by atoms with E-state index in [1.165, 1.54) is 0 Å². The highest BCUT2D eigenvalue weighted by molar-refractivity contribution is 6.31. The maximum absolute atomic E-state index is 11.4. The van der Waals surface area contributed by atoms with Crippen LogP contribution in [-0.2, 0) is 29.2 Å². The second-order valence-corrected chi connectivity index (χ2v) is 5.00. The third-order valence-corrected chi connectivity index (χ3v) is 3.47. The molecule has 1 amide bonds.